The Morgan fingerprint density at radius 1 is 1.36 bits per heavy atom. The predicted molar refractivity (Wildman–Crippen MR) is 52.3 cm³/mol. The minimum Gasteiger partial charge on any atom is -0.478 e. The third-order valence-corrected chi connectivity index (χ3v) is 1.86. The molecule has 0 bridgehead atoms. The van der Waals surface area contributed by atoms with Crippen molar-refractivity contribution in [3.05, 3.63) is 29.8 Å². The zero-order valence-electron chi connectivity index (χ0n) is 7.39. The van der Waals surface area contributed by atoms with E-state index in [0.717, 1.165) is 0 Å². The van der Waals surface area contributed by atoms with Gasteiger partial charge in [0, 0.05) is 6.92 Å². The lowest BCUT2D eigenvalue weighted by molar-refractivity contribution is -0.109. The van der Waals surface area contributed by atoms with Crippen molar-refractivity contribution in [1.29, 1.82) is 0 Å². The lowest BCUT2D eigenvalue weighted by Crippen LogP contribution is -1.99. The highest BCUT2D eigenvalue weighted by molar-refractivity contribution is 8.09. The van der Waals surface area contributed by atoms with Crippen LogP contribution in [0.5, 0.6) is 5.75 Å². The summed E-state index contributed by atoms with van der Waals surface area (Å²) < 4.78 is 4.95. The topological polar surface area (TPSA) is 63.6 Å². The molecule has 4 nitrogen and oxygen atoms in total. The first-order valence-corrected chi connectivity index (χ1v) is 4.53. The van der Waals surface area contributed by atoms with Gasteiger partial charge in [-0.15, -0.1) is 0 Å². The second kappa shape index (κ2) is 4.66. The van der Waals surface area contributed by atoms with Gasteiger partial charge in [0.1, 0.15) is 17.6 Å². The van der Waals surface area contributed by atoms with Gasteiger partial charge in [-0.2, -0.15) is 0 Å². The molecule has 0 aliphatic carbocycles. The number of carbonyl (C=O) groups is 2. The molecule has 5 heteroatoms. The predicted octanol–water partition coefficient (Wildman–Crippen LogP) is 1.96. The first-order valence-electron chi connectivity index (χ1n) is 3.78. The van der Waals surface area contributed by atoms with E-state index in [2.05, 4.69) is 0 Å². The summed E-state index contributed by atoms with van der Waals surface area (Å²) in [6.45, 7) is 1.34. The third-order valence-electron chi connectivity index (χ3n) is 1.37. The van der Waals surface area contributed by atoms with Gasteiger partial charge in [-0.25, -0.2) is 4.79 Å². The van der Waals surface area contributed by atoms with E-state index >= 15 is 0 Å². The van der Waals surface area contributed by atoms with Gasteiger partial charge in [0.2, 0.25) is 5.12 Å². The maximum atomic E-state index is 10.7. The number of hydrogen-bond acceptors (Lipinski definition) is 4. The molecule has 0 unspecified atom stereocenters. The molecule has 0 heterocycles. The monoisotopic (exact) mass is 212 g/mol. The molecule has 14 heavy (non-hydrogen) atoms. The standard InChI is InChI=1S/C9H8O4S/c1-6(10)14-13-8-5-3-2-4-7(8)9(11)12/h2-5H,1H3,(H,11,12). The fraction of sp³-hybridized carbons (Fsp3) is 0.111. The van der Waals surface area contributed by atoms with Crippen LogP contribution in [0.25, 0.3) is 0 Å². The molecule has 1 rings (SSSR count). The van der Waals surface area contributed by atoms with Crippen LogP contribution in [-0.2, 0) is 4.79 Å². The average molecular weight is 212 g/mol. The molecule has 0 fully saturated rings. The highest BCUT2D eigenvalue weighted by atomic mass is 32.2. The van der Waals surface area contributed by atoms with Gasteiger partial charge in [0.05, 0.1) is 0 Å². The Hall–Kier alpha value is -1.49. The van der Waals surface area contributed by atoms with E-state index in [1.807, 2.05) is 0 Å². The number of carboxylic acid groups (broad SMARTS) is 1. The minimum absolute atomic E-state index is 0.0428. The lowest BCUT2D eigenvalue weighted by Gasteiger charge is -2.04. The number of aromatic carboxylic acids is 1. The first kappa shape index (κ1) is 10.6. The van der Waals surface area contributed by atoms with Crippen molar-refractivity contribution < 1.29 is 18.9 Å². The van der Waals surface area contributed by atoms with Gasteiger partial charge >= 0.3 is 5.97 Å². The van der Waals surface area contributed by atoms with E-state index in [1.165, 1.54) is 19.1 Å². The molecule has 0 aliphatic heterocycles. The Balaban J connectivity index is 2.84. The summed E-state index contributed by atoms with van der Waals surface area (Å²) in [5.74, 6) is -0.898. The maximum Gasteiger partial charge on any atom is 0.339 e. The Labute approximate surface area is 85.1 Å². The summed E-state index contributed by atoms with van der Waals surface area (Å²) in [6.07, 6.45) is 0. The highest BCUT2D eigenvalue weighted by Crippen LogP contribution is 2.22. The van der Waals surface area contributed by atoms with Crippen LogP contribution in [0.1, 0.15) is 17.3 Å². The van der Waals surface area contributed by atoms with Gasteiger partial charge in [-0.3, -0.25) is 4.79 Å². The zero-order valence-corrected chi connectivity index (χ0v) is 8.21. The Bertz CT molecular complexity index is 362. The van der Waals surface area contributed by atoms with E-state index in [-0.39, 0.29) is 16.4 Å². The van der Waals surface area contributed by atoms with Gasteiger partial charge in [0.15, 0.2) is 5.75 Å². The normalized spacial score (nSPS) is 9.50. The van der Waals surface area contributed by atoms with Crippen molar-refractivity contribution in [3.63, 3.8) is 0 Å². The Morgan fingerprint density at radius 2 is 2.00 bits per heavy atom. The summed E-state index contributed by atoms with van der Waals surface area (Å²) in [7, 11) is 0. The highest BCUT2D eigenvalue weighted by Gasteiger charge is 2.11. The number of hydrogen-bond donors (Lipinski definition) is 1. The van der Waals surface area contributed by atoms with Crippen LogP contribution < -0.4 is 4.18 Å². The Kier molecular flexibility index (Phi) is 3.53. The third kappa shape index (κ3) is 2.77. The van der Waals surface area contributed by atoms with Crippen LogP contribution in [0.3, 0.4) is 0 Å². The summed E-state index contributed by atoms with van der Waals surface area (Å²) in [5.41, 5.74) is 0.0428. The van der Waals surface area contributed by atoms with Crippen LogP contribution in [0.4, 0.5) is 0 Å². The van der Waals surface area contributed by atoms with Crippen molar-refractivity contribution in [3.8, 4) is 5.75 Å². The smallest absolute Gasteiger partial charge is 0.339 e. The molecule has 1 aromatic rings. The molecule has 0 aliphatic rings. The first-order chi connectivity index (χ1) is 6.61. The van der Waals surface area contributed by atoms with Crippen LogP contribution in [0.15, 0.2) is 24.3 Å². The number of para-hydroxylation sites is 1. The lowest BCUT2D eigenvalue weighted by atomic mass is 10.2. The van der Waals surface area contributed by atoms with Gasteiger partial charge in [-0.05, 0) is 12.1 Å². The van der Waals surface area contributed by atoms with Gasteiger partial charge in [-0.1, -0.05) is 12.1 Å². The quantitative estimate of drug-likeness (QED) is 0.776. The average Bonchev–Trinajstić information content (AvgIpc) is 2.15. The van der Waals surface area contributed by atoms with Crippen LogP contribution >= 0.6 is 12.0 Å². The molecule has 0 saturated carbocycles. The molecular weight excluding hydrogens is 204 g/mol. The Morgan fingerprint density at radius 3 is 2.57 bits per heavy atom. The molecule has 0 spiro atoms. The molecule has 74 valence electrons. The van der Waals surface area contributed by atoms with Crippen LogP contribution in [0, 0.1) is 0 Å². The largest absolute Gasteiger partial charge is 0.478 e. The molecule has 0 saturated heterocycles. The van der Waals surface area contributed by atoms with Crippen molar-refractivity contribution in [2.75, 3.05) is 0 Å². The van der Waals surface area contributed by atoms with E-state index < -0.39 is 5.97 Å². The zero-order chi connectivity index (χ0) is 10.6. The molecule has 0 aromatic heterocycles. The second-order valence-corrected chi connectivity index (χ2v) is 3.37. The molecule has 1 N–H and O–H groups in total. The van der Waals surface area contributed by atoms with E-state index in [0.29, 0.717) is 12.0 Å². The van der Waals surface area contributed by atoms with Crippen LogP contribution in [-0.4, -0.2) is 16.2 Å². The minimum atomic E-state index is -1.08. The summed E-state index contributed by atoms with van der Waals surface area (Å²) in [4.78, 5) is 21.3. The van der Waals surface area contributed by atoms with Crippen LogP contribution in [0.2, 0.25) is 0 Å². The summed E-state index contributed by atoms with van der Waals surface area (Å²) >= 11 is 0.614. The fourth-order valence-corrected chi connectivity index (χ4v) is 1.17. The van der Waals surface area contributed by atoms with Crippen molar-refractivity contribution in [1.82, 2.24) is 0 Å². The second-order valence-electron chi connectivity index (χ2n) is 2.46. The van der Waals surface area contributed by atoms with Crippen molar-refractivity contribution in [2.45, 2.75) is 6.92 Å². The molecule has 0 amide bonds. The fourth-order valence-electron chi connectivity index (χ4n) is 0.820. The van der Waals surface area contributed by atoms with E-state index in [9.17, 15) is 9.59 Å². The molecular formula is C9H8O4S. The number of carboxylic acids is 1. The molecule has 0 atom stereocenters. The molecule has 1 aromatic carbocycles. The van der Waals surface area contributed by atoms with Crippen molar-refractivity contribution >= 4 is 23.1 Å². The number of benzene rings is 1. The maximum absolute atomic E-state index is 10.7. The van der Waals surface area contributed by atoms with Gasteiger partial charge < -0.3 is 9.29 Å². The summed E-state index contributed by atoms with van der Waals surface area (Å²) in [6, 6.07) is 6.15. The molecule has 0 radical (unpaired) electrons. The number of carbonyl (C=O) groups excluding carboxylic acids is 1. The van der Waals surface area contributed by atoms with Gasteiger partial charge in [0.25, 0.3) is 0 Å². The SMILES string of the molecule is CC(=O)SOc1ccccc1C(=O)O. The van der Waals surface area contributed by atoms with E-state index in [1.54, 1.807) is 12.1 Å². The van der Waals surface area contributed by atoms with E-state index in [4.69, 9.17) is 9.29 Å². The number of rotatable bonds is 3. The van der Waals surface area contributed by atoms with Crippen molar-refractivity contribution in [2.24, 2.45) is 0 Å². The summed E-state index contributed by atoms with van der Waals surface area (Å²) in [5, 5.41) is 8.53.